The average Bonchev–Trinajstić information content (AvgIpc) is 2.98. The predicted molar refractivity (Wildman–Crippen MR) is 70.6 cm³/mol. The summed E-state index contributed by atoms with van der Waals surface area (Å²) in [6.45, 7) is 8.46. The van der Waals surface area contributed by atoms with E-state index in [9.17, 15) is 0 Å². The molecule has 0 radical (unpaired) electrons. The molecule has 0 aromatic heterocycles. The number of hydrogen-bond donors (Lipinski definition) is 1. The molecule has 0 heterocycles. The summed E-state index contributed by atoms with van der Waals surface area (Å²) in [4.78, 5) is 0. The Bertz CT molecular complexity index is 218. The van der Waals surface area contributed by atoms with E-state index in [4.69, 9.17) is 0 Å². The molecule has 2 aliphatic rings. The normalized spacial score (nSPS) is 27.9. The van der Waals surface area contributed by atoms with Crippen molar-refractivity contribution in [2.45, 2.75) is 78.2 Å². The summed E-state index contributed by atoms with van der Waals surface area (Å²) in [6, 6.07) is 0.822. The van der Waals surface area contributed by atoms with E-state index in [0.717, 1.165) is 11.5 Å². The third kappa shape index (κ3) is 3.23. The van der Waals surface area contributed by atoms with Crippen molar-refractivity contribution in [3.05, 3.63) is 0 Å². The first-order valence-electron chi connectivity index (χ1n) is 7.29. The topological polar surface area (TPSA) is 12.0 Å². The second-order valence-corrected chi connectivity index (χ2v) is 7.07. The Labute approximate surface area is 101 Å². The Hall–Kier alpha value is -0.0400. The Balaban J connectivity index is 1.68. The number of rotatable bonds is 5. The summed E-state index contributed by atoms with van der Waals surface area (Å²) in [6.07, 6.45) is 11.4. The summed E-state index contributed by atoms with van der Waals surface area (Å²) in [5.74, 6) is 0. The summed E-state index contributed by atoms with van der Waals surface area (Å²) in [5.41, 5.74) is 1.33. The Kier molecular flexibility index (Phi) is 3.63. The van der Waals surface area contributed by atoms with Gasteiger partial charge in [-0.2, -0.15) is 0 Å². The maximum absolute atomic E-state index is 3.85. The van der Waals surface area contributed by atoms with Crippen LogP contribution in [0, 0.1) is 10.8 Å². The molecule has 2 rings (SSSR count). The molecule has 2 saturated carbocycles. The van der Waals surface area contributed by atoms with Crippen LogP contribution in [0.25, 0.3) is 0 Å². The molecule has 2 fully saturated rings. The maximum Gasteiger partial charge on any atom is 0.00676 e. The minimum absolute atomic E-state index is 0.610. The van der Waals surface area contributed by atoms with Crippen molar-refractivity contribution in [3.8, 4) is 0 Å². The van der Waals surface area contributed by atoms with Gasteiger partial charge < -0.3 is 5.32 Å². The quantitative estimate of drug-likeness (QED) is 0.739. The molecule has 2 aliphatic carbocycles. The van der Waals surface area contributed by atoms with Crippen LogP contribution in [0.1, 0.15) is 72.1 Å². The first-order chi connectivity index (χ1) is 7.55. The lowest BCUT2D eigenvalue weighted by Crippen LogP contribution is -2.38. The SMILES string of the molecule is CCCC1(CNC2CCC(C)(C)CC2)CC1. The van der Waals surface area contributed by atoms with E-state index >= 15 is 0 Å². The van der Waals surface area contributed by atoms with Crippen LogP contribution in [0.2, 0.25) is 0 Å². The third-order valence-corrected chi connectivity index (χ3v) is 4.84. The van der Waals surface area contributed by atoms with Crippen molar-refractivity contribution in [1.82, 2.24) is 5.32 Å². The van der Waals surface area contributed by atoms with Crippen LogP contribution in [-0.2, 0) is 0 Å². The Morgan fingerprint density at radius 1 is 1.06 bits per heavy atom. The molecule has 1 nitrogen and oxygen atoms in total. The molecule has 0 aliphatic heterocycles. The van der Waals surface area contributed by atoms with Crippen molar-refractivity contribution >= 4 is 0 Å². The van der Waals surface area contributed by atoms with Crippen LogP contribution < -0.4 is 5.32 Å². The summed E-state index contributed by atoms with van der Waals surface area (Å²) in [7, 11) is 0. The van der Waals surface area contributed by atoms with E-state index in [1.54, 1.807) is 0 Å². The van der Waals surface area contributed by atoms with Crippen molar-refractivity contribution in [1.29, 1.82) is 0 Å². The van der Waals surface area contributed by atoms with Gasteiger partial charge in [-0.3, -0.25) is 0 Å². The molecule has 16 heavy (non-hydrogen) atoms. The van der Waals surface area contributed by atoms with Gasteiger partial charge in [0.05, 0.1) is 0 Å². The van der Waals surface area contributed by atoms with Crippen LogP contribution in [0.4, 0.5) is 0 Å². The number of hydrogen-bond acceptors (Lipinski definition) is 1. The molecule has 0 saturated heterocycles. The summed E-state index contributed by atoms with van der Waals surface area (Å²) in [5, 5.41) is 3.85. The second kappa shape index (κ2) is 4.68. The van der Waals surface area contributed by atoms with Gasteiger partial charge in [-0.25, -0.2) is 0 Å². The highest BCUT2D eigenvalue weighted by Gasteiger charge is 2.41. The summed E-state index contributed by atoms with van der Waals surface area (Å²) < 4.78 is 0. The molecular weight excluding hydrogens is 194 g/mol. The average molecular weight is 223 g/mol. The highest BCUT2D eigenvalue weighted by molar-refractivity contribution is 4.95. The fraction of sp³-hybridized carbons (Fsp3) is 1.00. The third-order valence-electron chi connectivity index (χ3n) is 4.84. The van der Waals surface area contributed by atoms with Crippen molar-refractivity contribution in [2.24, 2.45) is 10.8 Å². The molecule has 94 valence electrons. The minimum atomic E-state index is 0.610. The lowest BCUT2D eigenvalue weighted by molar-refractivity contribution is 0.200. The fourth-order valence-corrected chi connectivity index (χ4v) is 3.19. The highest BCUT2D eigenvalue weighted by atomic mass is 14.9. The van der Waals surface area contributed by atoms with Crippen LogP contribution in [0.5, 0.6) is 0 Å². The Morgan fingerprint density at radius 2 is 1.69 bits per heavy atom. The van der Waals surface area contributed by atoms with Gasteiger partial charge in [0, 0.05) is 12.6 Å². The molecule has 0 aromatic rings. The maximum atomic E-state index is 3.85. The van der Waals surface area contributed by atoms with Crippen LogP contribution in [0.3, 0.4) is 0 Å². The monoisotopic (exact) mass is 223 g/mol. The standard InChI is InChI=1S/C15H29N/c1-4-7-15(10-11-15)12-16-13-5-8-14(2,3)9-6-13/h13,16H,4-12H2,1-3H3. The van der Waals surface area contributed by atoms with Crippen molar-refractivity contribution < 1.29 is 0 Å². The van der Waals surface area contributed by atoms with E-state index in [2.05, 4.69) is 26.1 Å². The molecule has 0 aromatic carbocycles. The fourth-order valence-electron chi connectivity index (χ4n) is 3.19. The van der Waals surface area contributed by atoms with Gasteiger partial charge in [-0.1, -0.05) is 27.2 Å². The van der Waals surface area contributed by atoms with Crippen molar-refractivity contribution in [3.63, 3.8) is 0 Å². The van der Waals surface area contributed by atoms with E-state index < -0.39 is 0 Å². The van der Waals surface area contributed by atoms with Gasteiger partial charge in [0.2, 0.25) is 0 Å². The Morgan fingerprint density at radius 3 is 2.19 bits per heavy atom. The van der Waals surface area contributed by atoms with E-state index in [-0.39, 0.29) is 0 Å². The highest BCUT2D eigenvalue weighted by Crippen LogP contribution is 2.49. The first-order valence-corrected chi connectivity index (χ1v) is 7.29. The van der Waals surface area contributed by atoms with Gasteiger partial charge in [-0.15, -0.1) is 0 Å². The van der Waals surface area contributed by atoms with E-state index in [0.29, 0.717) is 5.41 Å². The second-order valence-electron chi connectivity index (χ2n) is 7.07. The predicted octanol–water partition coefficient (Wildman–Crippen LogP) is 4.13. The minimum Gasteiger partial charge on any atom is -0.313 e. The summed E-state index contributed by atoms with van der Waals surface area (Å²) >= 11 is 0. The zero-order chi connectivity index (χ0) is 11.6. The van der Waals surface area contributed by atoms with E-state index in [1.165, 1.54) is 57.9 Å². The largest absolute Gasteiger partial charge is 0.313 e. The molecule has 1 N–H and O–H groups in total. The number of nitrogens with one attached hydrogen (secondary N) is 1. The van der Waals surface area contributed by atoms with Gasteiger partial charge in [0.25, 0.3) is 0 Å². The van der Waals surface area contributed by atoms with Crippen molar-refractivity contribution in [2.75, 3.05) is 6.54 Å². The van der Waals surface area contributed by atoms with Crippen LogP contribution in [-0.4, -0.2) is 12.6 Å². The molecule has 0 bridgehead atoms. The molecule has 0 amide bonds. The zero-order valence-corrected chi connectivity index (χ0v) is 11.4. The molecular formula is C15H29N. The molecule has 0 unspecified atom stereocenters. The first kappa shape index (κ1) is 12.4. The van der Waals surface area contributed by atoms with Gasteiger partial charge in [0.1, 0.15) is 0 Å². The van der Waals surface area contributed by atoms with Gasteiger partial charge in [0.15, 0.2) is 0 Å². The molecule has 1 heteroatoms. The van der Waals surface area contributed by atoms with E-state index in [1.807, 2.05) is 0 Å². The molecule has 0 atom stereocenters. The van der Waals surface area contributed by atoms with Gasteiger partial charge >= 0.3 is 0 Å². The van der Waals surface area contributed by atoms with Gasteiger partial charge in [-0.05, 0) is 55.8 Å². The molecule has 0 spiro atoms. The zero-order valence-electron chi connectivity index (χ0n) is 11.4. The lowest BCUT2D eigenvalue weighted by atomic mass is 9.75. The smallest absolute Gasteiger partial charge is 0.00676 e. The van der Waals surface area contributed by atoms with Crippen LogP contribution >= 0.6 is 0 Å². The lowest BCUT2D eigenvalue weighted by Gasteiger charge is -2.35. The van der Waals surface area contributed by atoms with Crippen LogP contribution in [0.15, 0.2) is 0 Å².